The molecule has 1 atom stereocenters. The van der Waals surface area contributed by atoms with Gasteiger partial charge in [-0.1, -0.05) is 17.3 Å². The Morgan fingerprint density at radius 2 is 1.83 bits per heavy atom. The van der Waals surface area contributed by atoms with Crippen molar-refractivity contribution < 1.29 is 31.3 Å². The zero-order valence-electron chi connectivity index (χ0n) is 15.3. The fraction of sp³-hybridized carbons (Fsp3) is 0.250. The first-order valence-corrected chi connectivity index (χ1v) is 8.97. The second-order valence-corrected chi connectivity index (χ2v) is 6.84. The number of alkyl halides is 3. The zero-order chi connectivity index (χ0) is 21.5. The SMILES string of the molecule is O=C1CCC(c2nc(-c3ccc(C(F)(F)F)cc3)no2)N1Cc1cc(F)ccc1F. The van der Waals surface area contributed by atoms with Crippen molar-refractivity contribution in [2.24, 2.45) is 0 Å². The minimum absolute atomic E-state index is 0.0118. The highest BCUT2D eigenvalue weighted by Gasteiger charge is 2.36. The molecular formula is C20H14F5N3O2. The van der Waals surface area contributed by atoms with E-state index in [1.165, 1.54) is 17.0 Å². The summed E-state index contributed by atoms with van der Waals surface area (Å²) < 4.78 is 70.8. The van der Waals surface area contributed by atoms with Gasteiger partial charge in [0.05, 0.1) is 5.56 Å². The van der Waals surface area contributed by atoms with Crippen molar-refractivity contribution in [1.29, 1.82) is 0 Å². The molecule has 1 fully saturated rings. The molecule has 2 heterocycles. The first-order valence-electron chi connectivity index (χ1n) is 8.97. The lowest BCUT2D eigenvalue weighted by molar-refractivity contribution is -0.137. The monoisotopic (exact) mass is 423 g/mol. The lowest BCUT2D eigenvalue weighted by Crippen LogP contribution is -2.27. The molecule has 30 heavy (non-hydrogen) atoms. The molecular weight excluding hydrogens is 409 g/mol. The molecule has 1 saturated heterocycles. The van der Waals surface area contributed by atoms with Crippen molar-refractivity contribution in [3.8, 4) is 11.4 Å². The summed E-state index contributed by atoms with van der Waals surface area (Å²) in [5, 5.41) is 3.78. The molecule has 1 aromatic heterocycles. The Morgan fingerprint density at radius 1 is 1.10 bits per heavy atom. The highest BCUT2D eigenvalue weighted by molar-refractivity contribution is 5.78. The van der Waals surface area contributed by atoms with E-state index in [0.29, 0.717) is 12.0 Å². The Hall–Kier alpha value is -3.30. The maximum atomic E-state index is 14.0. The van der Waals surface area contributed by atoms with E-state index in [2.05, 4.69) is 10.1 Å². The number of aromatic nitrogens is 2. The van der Waals surface area contributed by atoms with Gasteiger partial charge in [0.1, 0.15) is 17.7 Å². The van der Waals surface area contributed by atoms with Crippen molar-refractivity contribution in [1.82, 2.24) is 15.0 Å². The largest absolute Gasteiger partial charge is 0.416 e. The average Bonchev–Trinajstić information content (AvgIpc) is 3.32. The minimum Gasteiger partial charge on any atom is -0.337 e. The Bertz CT molecular complexity index is 1080. The summed E-state index contributed by atoms with van der Waals surface area (Å²) in [6, 6.07) is 6.59. The van der Waals surface area contributed by atoms with Crippen molar-refractivity contribution in [3.05, 3.63) is 71.1 Å². The maximum absolute atomic E-state index is 14.0. The number of halogens is 5. The van der Waals surface area contributed by atoms with E-state index in [1.54, 1.807) is 0 Å². The standard InChI is InChI=1S/C20H14F5N3O2/c21-14-5-6-15(22)12(9-14)10-28-16(7-8-17(28)29)19-26-18(27-30-19)11-1-3-13(4-2-11)20(23,24)25/h1-6,9,16H,7-8,10H2. The molecule has 0 N–H and O–H groups in total. The smallest absolute Gasteiger partial charge is 0.337 e. The van der Waals surface area contributed by atoms with Gasteiger partial charge in [-0.15, -0.1) is 0 Å². The van der Waals surface area contributed by atoms with Crippen LogP contribution in [0.25, 0.3) is 11.4 Å². The van der Waals surface area contributed by atoms with Gasteiger partial charge < -0.3 is 9.42 Å². The van der Waals surface area contributed by atoms with Crippen LogP contribution < -0.4 is 0 Å². The van der Waals surface area contributed by atoms with Gasteiger partial charge in [-0.05, 0) is 36.8 Å². The molecule has 156 valence electrons. The van der Waals surface area contributed by atoms with Crippen molar-refractivity contribution in [3.63, 3.8) is 0 Å². The number of hydrogen-bond donors (Lipinski definition) is 0. The maximum Gasteiger partial charge on any atom is 0.416 e. The van der Waals surface area contributed by atoms with E-state index in [-0.39, 0.29) is 36.2 Å². The molecule has 1 amide bonds. The summed E-state index contributed by atoms with van der Waals surface area (Å²) in [6.07, 6.45) is -3.96. The fourth-order valence-corrected chi connectivity index (χ4v) is 3.33. The van der Waals surface area contributed by atoms with Gasteiger partial charge in [-0.3, -0.25) is 4.79 Å². The van der Waals surface area contributed by atoms with Crippen LogP contribution in [0.3, 0.4) is 0 Å². The zero-order valence-corrected chi connectivity index (χ0v) is 15.3. The van der Waals surface area contributed by atoms with Crippen LogP contribution in [0, 0.1) is 11.6 Å². The highest BCUT2D eigenvalue weighted by atomic mass is 19.4. The second-order valence-electron chi connectivity index (χ2n) is 6.84. The number of hydrogen-bond acceptors (Lipinski definition) is 4. The number of nitrogens with zero attached hydrogens (tertiary/aromatic N) is 3. The first-order chi connectivity index (χ1) is 14.2. The van der Waals surface area contributed by atoms with Crippen LogP contribution in [-0.2, 0) is 17.5 Å². The predicted molar refractivity (Wildman–Crippen MR) is 93.6 cm³/mol. The van der Waals surface area contributed by atoms with E-state index < -0.39 is 29.4 Å². The van der Waals surface area contributed by atoms with Gasteiger partial charge in [-0.2, -0.15) is 18.2 Å². The molecule has 1 aliphatic rings. The number of carbonyl (C=O) groups is 1. The minimum atomic E-state index is -4.46. The molecule has 4 rings (SSSR count). The summed E-state index contributed by atoms with van der Waals surface area (Å²) >= 11 is 0. The summed E-state index contributed by atoms with van der Waals surface area (Å²) in [6.45, 7) is -0.176. The van der Waals surface area contributed by atoms with Gasteiger partial charge in [0.25, 0.3) is 0 Å². The van der Waals surface area contributed by atoms with Crippen LogP contribution in [-0.4, -0.2) is 20.9 Å². The number of rotatable bonds is 4. The summed E-state index contributed by atoms with van der Waals surface area (Å²) in [5.74, 6) is -1.41. The molecule has 10 heteroatoms. The molecule has 0 radical (unpaired) electrons. The molecule has 0 saturated carbocycles. The third-order valence-corrected chi connectivity index (χ3v) is 4.87. The van der Waals surface area contributed by atoms with E-state index in [9.17, 15) is 26.7 Å². The van der Waals surface area contributed by atoms with Crippen LogP contribution in [0.2, 0.25) is 0 Å². The summed E-state index contributed by atoms with van der Waals surface area (Å²) in [7, 11) is 0. The molecule has 0 spiro atoms. The number of amides is 1. The van der Waals surface area contributed by atoms with Crippen LogP contribution in [0.4, 0.5) is 22.0 Å². The molecule has 2 aromatic carbocycles. The topological polar surface area (TPSA) is 59.2 Å². The summed E-state index contributed by atoms with van der Waals surface area (Å²) in [5.41, 5.74) is -0.484. The molecule has 0 bridgehead atoms. The molecule has 1 aliphatic heterocycles. The van der Waals surface area contributed by atoms with Gasteiger partial charge >= 0.3 is 6.18 Å². The number of benzene rings is 2. The fourth-order valence-electron chi connectivity index (χ4n) is 3.33. The van der Waals surface area contributed by atoms with E-state index in [1.807, 2.05) is 0 Å². The Balaban J connectivity index is 1.57. The summed E-state index contributed by atoms with van der Waals surface area (Å²) in [4.78, 5) is 17.8. The lowest BCUT2D eigenvalue weighted by Gasteiger charge is -2.22. The highest BCUT2D eigenvalue weighted by Crippen LogP contribution is 2.35. The molecule has 5 nitrogen and oxygen atoms in total. The van der Waals surface area contributed by atoms with Crippen LogP contribution in [0.1, 0.15) is 35.9 Å². The normalized spacial score (nSPS) is 17.0. The lowest BCUT2D eigenvalue weighted by atomic mass is 10.1. The van der Waals surface area contributed by atoms with Crippen molar-refractivity contribution in [2.45, 2.75) is 31.6 Å². The number of likely N-dealkylation sites (tertiary alicyclic amines) is 1. The van der Waals surface area contributed by atoms with Gasteiger partial charge in [-0.25, -0.2) is 8.78 Å². The van der Waals surface area contributed by atoms with Crippen molar-refractivity contribution >= 4 is 5.91 Å². The quantitative estimate of drug-likeness (QED) is 0.561. The van der Waals surface area contributed by atoms with Gasteiger partial charge in [0.15, 0.2) is 0 Å². The average molecular weight is 423 g/mol. The van der Waals surface area contributed by atoms with E-state index in [0.717, 1.165) is 30.3 Å². The van der Waals surface area contributed by atoms with Gasteiger partial charge in [0, 0.05) is 24.1 Å². The molecule has 1 unspecified atom stereocenters. The Kier molecular flexibility index (Phi) is 5.00. The Morgan fingerprint density at radius 3 is 2.53 bits per heavy atom. The second kappa shape index (κ2) is 7.51. The van der Waals surface area contributed by atoms with Crippen LogP contribution in [0.15, 0.2) is 47.0 Å². The molecule has 0 aliphatic carbocycles. The first kappa shape index (κ1) is 20.0. The third-order valence-electron chi connectivity index (χ3n) is 4.87. The van der Waals surface area contributed by atoms with Crippen LogP contribution in [0.5, 0.6) is 0 Å². The van der Waals surface area contributed by atoms with E-state index >= 15 is 0 Å². The van der Waals surface area contributed by atoms with Gasteiger partial charge in [0.2, 0.25) is 17.6 Å². The van der Waals surface area contributed by atoms with E-state index in [4.69, 9.17) is 4.52 Å². The number of carbonyl (C=O) groups excluding carboxylic acids is 1. The van der Waals surface area contributed by atoms with Crippen molar-refractivity contribution in [2.75, 3.05) is 0 Å². The Labute approximate surface area is 167 Å². The third kappa shape index (κ3) is 3.89. The predicted octanol–water partition coefficient (Wildman–Crippen LogP) is 4.90. The van der Waals surface area contributed by atoms with Crippen LogP contribution >= 0.6 is 0 Å². The molecule has 3 aromatic rings.